The van der Waals surface area contributed by atoms with E-state index in [0.717, 1.165) is 22.8 Å². The van der Waals surface area contributed by atoms with Crippen molar-refractivity contribution in [3.05, 3.63) is 52.4 Å². The van der Waals surface area contributed by atoms with Crippen LogP contribution in [-0.2, 0) is 11.2 Å². The lowest BCUT2D eigenvalue weighted by atomic mass is 10.0. The van der Waals surface area contributed by atoms with Crippen molar-refractivity contribution < 1.29 is 19.1 Å². The number of carbonyl (C=O) groups is 1. The summed E-state index contributed by atoms with van der Waals surface area (Å²) in [5.41, 5.74) is 0.926. The first-order valence-electron chi connectivity index (χ1n) is 9.03. The summed E-state index contributed by atoms with van der Waals surface area (Å²) in [7, 11) is 0. The van der Waals surface area contributed by atoms with Crippen LogP contribution in [0.2, 0.25) is 0 Å². The van der Waals surface area contributed by atoms with E-state index in [0.29, 0.717) is 36.5 Å². The molecule has 2 N–H and O–H groups in total. The summed E-state index contributed by atoms with van der Waals surface area (Å²) < 4.78 is 10.4. The topological polar surface area (TPSA) is 88.8 Å². The maximum absolute atomic E-state index is 12.3. The molecule has 27 heavy (non-hydrogen) atoms. The number of hydrogen-bond acceptors (Lipinski definition) is 5. The van der Waals surface area contributed by atoms with Gasteiger partial charge < -0.3 is 19.6 Å². The maximum Gasteiger partial charge on any atom is 0.407 e. The number of carbonyl (C=O) groups excluding carboxylic acids is 1. The Kier molecular flexibility index (Phi) is 5.64. The predicted octanol–water partition coefficient (Wildman–Crippen LogP) is 3.97. The van der Waals surface area contributed by atoms with E-state index in [9.17, 15) is 14.7 Å². The fourth-order valence-corrected chi connectivity index (χ4v) is 2.90. The molecule has 1 heterocycles. The number of aromatic hydroxyl groups is 1. The average Bonchev–Trinajstić information content (AvgIpc) is 2.63. The molecule has 0 aliphatic rings. The van der Waals surface area contributed by atoms with Crippen LogP contribution in [0.15, 0.2) is 45.6 Å². The summed E-state index contributed by atoms with van der Waals surface area (Å²) in [6.07, 6.45) is 1.04. The molecule has 3 aromatic rings. The molecular formula is C21H23NO5. The van der Waals surface area contributed by atoms with E-state index in [1.807, 2.05) is 32.0 Å². The van der Waals surface area contributed by atoms with Crippen LogP contribution in [0.4, 0.5) is 4.79 Å². The molecule has 6 nitrogen and oxygen atoms in total. The first-order valence-corrected chi connectivity index (χ1v) is 9.03. The number of ether oxygens (including phenoxy) is 1. The lowest BCUT2D eigenvalue weighted by molar-refractivity contribution is 0.133. The van der Waals surface area contributed by atoms with Gasteiger partial charge in [0, 0.05) is 18.0 Å². The summed E-state index contributed by atoms with van der Waals surface area (Å²) >= 11 is 0. The lowest BCUT2D eigenvalue weighted by Crippen LogP contribution is -2.26. The van der Waals surface area contributed by atoms with E-state index < -0.39 is 11.7 Å². The summed E-state index contributed by atoms with van der Waals surface area (Å²) in [4.78, 5) is 23.8. The second kappa shape index (κ2) is 8.12. The van der Waals surface area contributed by atoms with E-state index in [1.165, 1.54) is 6.07 Å². The molecule has 6 heteroatoms. The van der Waals surface area contributed by atoms with Gasteiger partial charge >= 0.3 is 11.7 Å². The molecule has 0 saturated carbocycles. The highest BCUT2D eigenvalue weighted by atomic mass is 16.5. The Morgan fingerprint density at radius 2 is 1.93 bits per heavy atom. The lowest BCUT2D eigenvalue weighted by Gasteiger charge is -2.09. The molecule has 0 saturated heterocycles. The number of amides is 1. The summed E-state index contributed by atoms with van der Waals surface area (Å²) in [5.74, 6) is 0.362. The Morgan fingerprint density at radius 3 is 2.70 bits per heavy atom. The fourth-order valence-electron chi connectivity index (χ4n) is 2.90. The summed E-state index contributed by atoms with van der Waals surface area (Å²) in [5, 5.41) is 14.4. The van der Waals surface area contributed by atoms with Gasteiger partial charge in [0.15, 0.2) is 0 Å². The molecule has 3 rings (SSSR count). The molecule has 0 radical (unpaired) electrons. The standard InChI is InChI=1S/C21H23NO5/c1-13(2)12-26-21(25)22-9-3-4-14-5-7-16-17-8-6-15(23)11-19(17)27-20(24)18(16)10-14/h5-8,10-11,13,23H,3-4,9,12H2,1-2H3,(H,22,25). The monoisotopic (exact) mass is 369 g/mol. The number of benzene rings is 2. The molecule has 0 fully saturated rings. The molecular weight excluding hydrogens is 346 g/mol. The number of fused-ring (bicyclic) bond motifs is 3. The maximum atomic E-state index is 12.3. The van der Waals surface area contributed by atoms with Crippen molar-refractivity contribution in [2.45, 2.75) is 26.7 Å². The Labute approximate surface area is 156 Å². The third kappa shape index (κ3) is 4.58. The Morgan fingerprint density at radius 1 is 1.15 bits per heavy atom. The molecule has 1 amide bonds. The summed E-state index contributed by atoms with van der Waals surface area (Å²) in [6.45, 7) is 4.86. The second-order valence-electron chi connectivity index (χ2n) is 6.97. The van der Waals surface area contributed by atoms with Crippen molar-refractivity contribution in [3.8, 4) is 5.75 Å². The number of hydrogen-bond donors (Lipinski definition) is 2. The first kappa shape index (κ1) is 18.8. The number of phenols is 1. The van der Waals surface area contributed by atoms with Gasteiger partial charge in [-0.05, 0) is 47.9 Å². The van der Waals surface area contributed by atoms with Crippen LogP contribution in [0.3, 0.4) is 0 Å². The van der Waals surface area contributed by atoms with Crippen LogP contribution < -0.4 is 10.9 Å². The molecule has 0 atom stereocenters. The zero-order valence-electron chi connectivity index (χ0n) is 15.5. The van der Waals surface area contributed by atoms with Gasteiger partial charge in [0.25, 0.3) is 0 Å². The van der Waals surface area contributed by atoms with Crippen molar-refractivity contribution in [2.24, 2.45) is 5.92 Å². The number of alkyl carbamates (subject to hydrolysis) is 1. The number of rotatable bonds is 6. The second-order valence-corrected chi connectivity index (χ2v) is 6.97. The highest BCUT2D eigenvalue weighted by Gasteiger charge is 2.09. The predicted molar refractivity (Wildman–Crippen MR) is 104 cm³/mol. The van der Waals surface area contributed by atoms with Crippen LogP contribution in [-0.4, -0.2) is 24.4 Å². The molecule has 0 aliphatic heterocycles. The SMILES string of the molecule is CC(C)COC(=O)NCCCc1ccc2c(c1)c(=O)oc1cc(O)ccc12. The third-order valence-corrected chi connectivity index (χ3v) is 4.22. The zero-order chi connectivity index (χ0) is 19.4. The van der Waals surface area contributed by atoms with Crippen molar-refractivity contribution in [1.82, 2.24) is 5.32 Å². The molecule has 2 aromatic carbocycles. The van der Waals surface area contributed by atoms with Gasteiger partial charge in [0.1, 0.15) is 11.3 Å². The largest absolute Gasteiger partial charge is 0.508 e. The molecule has 0 spiro atoms. The molecule has 1 aromatic heterocycles. The van der Waals surface area contributed by atoms with Crippen LogP contribution in [0.25, 0.3) is 21.7 Å². The van der Waals surface area contributed by atoms with E-state index in [4.69, 9.17) is 9.15 Å². The number of phenolic OH excluding ortho intramolecular Hbond substituents is 1. The minimum Gasteiger partial charge on any atom is -0.508 e. The highest BCUT2D eigenvalue weighted by Crippen LogP contribution is 2.26. The van der Waals surface area contributed by atoms with Crippen LogP contribution in [0.5, 0.6) is 5.75 Å². The Hall–Kier alpha value is -3.02. The van der Waals surface area contributed by atoms with Crippen molar-refractivity contribution in [1.29, 1.82) is 0 Å². The minimum absolute atomic E-state index is 0.0565. The minimum atomic E-state index is -0.430. The fraction of sp³-hybridized carbons (Fsp3) is 0.333. The van der Waals surface area contributed by atoms with Gasteiger partial charge in [0.05, 0.1) is 12.0 Å². The van der Waals surface area contributed by atoms with Crippen molar-refractivity contribution in [3.63, 3.8) is 0 Å². The quantitative estimate of drug-likeness (QED) is 0.390. The Bertz CT molecular complexity index is 1020. The van der Waals surface area contributed by atoms with E-state index >= 15 is 0 Å². The number of nitrogens with one attached hydrogen (secondary N) is 1. The van der Waals surface area contributed by atoms with E-state index in [1.54, 1.807) is 12.1 Å². The van der Waals surface area contributed by atoms with Gasteiger partial charge in [-0.1, -0.05) is 26.0 Å². The van der Waals surface area contributed by atoms with E-state index in [-0.39, 0.29) is 5.75 Å². The normalized spacial score (nSPS) is 11.2. The smallest absolute Gasteiger partial charge is 0.407 e. The zero-order valence-corrected chi connectivity index (χ0v) is 15.5. The molecule has 0 bridgehead atoms. The van der Waals surface area contributed by atoms with Crippen LogP contribution in [0, 0.1) is 5.92 Å². The van der Waals surface area contributed by atoms with Crippen molar-refractivity contribution >= 4 is 27.8 Å². The third-order valence-electron chi connectivity index (χ3n) is 4.22. The van der Waals surface area contributed by atoms with Gasteiger partial charge in [0.2, 0.25) is 0 Å². The van der Waals surface area contributed by atoms with E-state index in [2.05, 4.69) is 5.32 Å². The van der Waals surface area contributed by atoms with Crippen molar-refractivity contribution in [2.75, 3.05) is 13.2 Å². The molecule has 142 valence electrons. The number of aryl methyl sites for hydroxylation is 1. The molecule has 0 unspecified atom stereocenters. The van der Waals surface area contributed by atoms with Gasteiger partial charge in [-0.2, -0.15) is 0 Å². The first-order chi connectivity index (χ1) is 12.9. The van der Waals surface area contributed by atoms with Crippen LogP contribution in [0.1, 0.15) is 25.8 Å². The van der Waals surface area contributed by atoms with Gasteiger partial charge in [-0.15, -0.1) is 0 Å². The van der Waals surface area contributed by atoms with Crippen LogP contribution >= 0.6 is 0 Å². The molecule has 0 aliphatic carbocycles. The highest BCUT2D eigenvalue weighted by molar-refractivity contribution is 6.04. The average molecular weight is 369 g/mol. The van der Waals surface area contributed by atoms with Gasteiger partial charge in [-0.3, -0.25) is 0 Å². The Balaban J connectivity index is 1.67. The summed E-state index contributed by atoms with van der Waals surface area (Å²) in [6, 6.07) is 10.4. The van der Waals surface area contributed by atoms with Gasteiger partial charge in [-0.25, -0.2) is 9.59 Å².